The van der Waals surface area contributed by atoms with Gasteiger partial charge in [-0.2, -0.15) is 13.9 Å². The van der Waals surface area contributed by atoms with Gasteiger partial charge in [-0.3, -0.25) is 14.3 Å². The first kappa shape index (κ1) is 18.8. The summed E-state index contributed by atoms with van der Waals surface area (Å²) in [5, 5.41) is 13.2. The highest BCUT2D eigenvalue weighted by Gasteiger charge is 2.22. The smallest absolute Gasteiger partial charge is 0.387 e. The molecule has 0 saturated carbocycles. The molecule has 0 fully saturated rings. The van der Waals surface area contributed by atoms with Crippen LogP contribution in [0.5, 0.6) is 5.75 Å². The molecule has 27 heavy (non-hydrogen) atoms. The predicted octanol–water partition coefficient (Wildman–Crippen LogP) is 2.55. The quantitative estimate of drug-likeness (QED) is 0.834. The summed E-state index contributed by atoms with van der Waals surface area (Å²) in [5.41, 5.74) is 1.77. The van der Waals surface area contributed by atoms with Gasteiger partial charge >= 0.3 is 12.6 Å². The summed E-state index contributed by atoms with van der Waals surface area (Å²) in [4.78, 5) is 25.1. The van der Waals surface area contributed by atoms with Crippen molar-refractivity contribution in [1.82, 2.24) is 14.7 Å². The van der Waals surface area contributed by atoms with Gasteiger partial charge in [-0.05, 0) is 30.7 Å². The summed E-state index contributed by atoms with van der Waals surface area (Å²) in [5.74, 6) is -1.23. The third kappa shape index (κ3) is 4.81. The van der Waals surface area contributed by atoms with E-state index in [0.29, 0.717) is 38.2 Å². The van der Waals surface area contributed by atoms with Crippen LogP contribution in [0.2, 0.25) is 0 Å². The molecule has 0 spiro atoms. The van der Waals surface area contributed by atoms with Crippen LogP contribution in [-0.2, 0) is 24.3 Å². The number of aliphatic carboxylic acids is 1. The Labute approximate surface area is 154 Å². The Hall–Kier alpha value is -2.97. The minimum Gasteiger partial charge on any atom is -0.481 e. The summed E-state index contributed by atoms with van der Waals surface area (Å²) >= 11 is 0. The fraction of sp³-hybridized carbons (Fsp3) is 0.389. The number of halogens is 2. The standard InChI is InChI=1S/C18H19F2N3O4/c19-18(20)27-15-4-1-3-12(9-15)17(26)22-7-2-8-23-14(11-22)10-13(21-23)5-6-16(24)25/h1,3-4,9-10,18H,2,5-8,11H2,(H,24,25). The molecule has 3 rings (SSSR count). The van der Waals surface area contributed by atoms with E-state index in [2.05, 4.69) is 9.84 Å². The van der Waals surface area contributed by atoms with Gasteiger partial charge in [-0.15, -0.1) is 0 Å². The number of hydrogen-bond acceptors (Lipinski definition) is 4. The highest BCUT2D eigenvalue weighted by molar-refractivity contribution is 5.94. The monoisotopic (exact) mass is 379 g/mol. The third-order valence-corrected chi connectivity index (χ3v) is 4.25. The van der Waals surface area contributed by atoms with Crippen molar-refractivity contribution in [1.29, 1.82) is 0 Å². The molecule has 0 atom stereocenters. The lowest BCUT2D eigenvalue weighted by molar-refractivity contribution is -0.137. The number of carbonyl (C=O) groups excluding carboxylic acids is 1. The van der Waals surface area contributed by atoms with Crippen molar-refractivity contribution in [3.05, 3.63) is 47.3 Å². The largest absolute Gasteiger partial charge is 0.481 e. The second-order valence-electron chi connectivity index (χ2n) is 6.23. The zero-order valence-electron chi connectivity index (χ0n) is 14.5. The van der Waals surface area contributed by atoms with Crippen molar-refractivity contribution in [2.75, 3.05) is 6.54 Å². The van der Waals surface area contributed by atoms with Gasteiger partial charge in [0.25, 0.3) is 5.91 Å². The highest BCUT2D eigenvalue weighted by Crippen LogP contribution is 2.20. The van der Waals surface area contributed by atoms with Crippen LogP contribution in [0.1, 0.15) is 34.6 Å². The molecule has 0 bridgehead atoms. The Bertz CT molecular complexity index is 838. The molecule has 2 heterocycles. The van der Waals surface area contributed by atoms with Gasteiger partial charge in [0.1, 0.15) is 5.75 Å². The zero-order chi connectivity index (χ0) is 19.4. The average molecular weight is 379 g/mol. The molecule has 1 aliphatic heterocycles. The number of carbonyl (C=O) groups is 2. The molecule has 1 N–H and O–H groups in total. The van der Waals surface area contributed by atoms with E-state index in [1.54, 1.807) is 15.6 Å². The Balaban J connectivity index is 1.74. The summed E-state index contributed by atoms with van der Waals surface area (Å²) in [6.07, 6.45) is 1.01. The van der Waals surface area contributed by atoms with E-state index in [4.69, 9.17) is 5.11 Å². The minimum absolute atomic E-state index is 0.00394. The van der Waals surface area contributed by atoms with Crippen molar-refractivity contribution in [3.8, 4) is 5.75 Å². The Morgan fingerprint density at radius 2 is 2.07 bits per heavy atom. The van der Waals surface area contributed by atoms with Gasteiger partial charge in [0.15, 0.2) is 0 Å². The third-order valence-electron chi connectivity index (χ3n) is 4.25. The van der Waals surface area contributed by atoms with E-state index < -0.39 is 12.6 Å². The molecule has 7 nitrogen and oxygen atoms in total. The first-order valence-corrected chi connectivity index (χ1v) is 8.54. The first-order chi connectivity index (χ1) is 12.9. The zero-order valence-corrected chi connectivity index (χ0v) is 14.5. The summed E-state index contributed by atoms with van der Waals surface area (Å²) in [6, 6.07) is 7.53. The van der Waals surface area contributed by atoms with Gasteiger partial charge in [-0.25, -0.2) is 0 Å². The number of alkyl halides is 2. The van der Waals surface area contributed by atoms with Crippen LogP contribution < -0.4 is 4.74 Å². The van der Waals surface area contributed by atoms with E-state index >= 15 is 0 Å². The maximum Gasteiger partial charge on any atom is 0.387 e. The summed E-state index contributed by atoms with van der Waals surface area (Å²) < 4.78 is 30.9. The van der Waals surface area contributed by atoms with Crippen LogP contribution in [0.25, 0.3) is 0 Å². The number of fused-ring (bicyclic) bond motifs is 1. The normalized spacial score (nSPS) is 14.0. The number of rotatable bonds is 6. The Morgan fingerprint density at radius 3 is 2.81 bits per heavy atom. The number of hydrogen-bond donors (Lipinski definition) is 1. The van der Waals surface area contributed by atoms with E-state index in [1.807, 2.05) is 6.07 Å². The molecule has 1 aromatic heterocycles. The molecule has 1 amide bonds. The molecule has 0 unspecified atom stereocenters. The van der Waals surface area contributed by atoms with Crippen molar-refractivity contribution in [2.24, 2.45) is 0 Å². The van der Waals surface area contributed by atoms with Crippen LogP contribution >= 0.6 is 0 Å². The SMILES string of the molecule is O=C(O)CCc1cc2n(n1)CCCN(C(=O)c1cccc(OC(F)F)c1)C2. The summed E-state index contributed by atoms with van der Waals surface area (Å²) in [7, 11) is 0. The van der Waals surface area contributed by atoms with Gasteiger partial charge in [0.05, 0.1) is 24.4 Å². The van der Waals surface area contributed by atoms with Crippen molar-refractivity contribution >= 4 is 11.9 Å². The number of aromatic nitrogens is 2. The van der Waals surface area contributed by atoms with Crippen LogP contribution in [0.4, 0.5) is 8.78 Å². The number of nitrogens with zero attached hydrogens (tertiary/aromatic N) is 3. The van der Waals surface area contributed by atoms with Gasteiger partial charge < -0.3 is 14.7 Å². The van der Waals surface area contributed by atoms with Crippen molar-refractivity contribution < 1.29 is 28.2 Å². The lowest BCUT2D eigenvalue weighted by Gasteiger charge is -2.20. The number of benzene rings is 1. The number of amides is 1. The van der Waals surface area contributed by atoms with Gasteiger partial charge in [0, 0.05) is 25.1 Å². The topological polar surface area (TPSA) is 84.7 Å². The molecular weight excluding hydrogens is 360 g/mol. The molecule has 1 aromatic carbocycles. The van der Waals surface area contributed by atoms with Crippen molar-refractivity contribution in [3.63, 3.8) is 0 Å². The lowest BCUT2D eigenvalue weighted by atomic mass is 10.1. The second kappa shape index (κ2) is 8.15. The minimum atomic E-state index is -2.95. The van der Waals surface area contributed by atoms with Gasteiger partial charge in [0.2, 0.25) is 0 Å². The highest BCUT2D eigenvalue weighted by atomic mass is 19.3. The maximum absolute atomic E-state index is 12.8. The Morgan fingerprint density at radius 1 is 1.26 bits per heavy atom. The van der Waals surface area contributed by atoms with Gasteiger partial charge in [-0.1, -0.05) is 6.07 Å². The second-order valence-corrected chi connectivity index (χ2v) is 6.23. The molecule has 144 valence electrons. The first-order valence-electron chi connectivity index (χ1n) is 8.54. The molecule has 1 aliphatic rings. The average Bonchev–Trinajstić information content (AvgIpc) is 2.89. The summed E-state index contributed by atoms with van der Waals surface area (Å²) in [6.45, 7) is -1.50. The van der Waals surface area contributed by atoms with Crippen molar-refractivity contribution in [2.45, 2.75) is 39.0 Å². The lowest BCUT2D eigenvalue weighted by Crippen LogP contribution is -2.30. The number of aryl methyl sites for hydroxylation is 2. The fourth-order valence-electron chi connectivity index (χ4n) is 3.04. The molecule has 0 aliphatic carbocycles. The van der Waals surface area contributed by atoms with Crippen LogP contribution in [0, 0.1) is 0 Å². The molecular formula is C18H19F2N3O4. The van der Waals surface area contributed by atoms with Crippen LogP contribution in [0.3, 0.4) is 0 Å². The van der Waals surface area contributed by atoms with Crippen LogP contribution in [0.15, 0.2) is 30.3 Å². The predicted molar refractivity (Wildman–Crippen MR) is 90.6 cm³/mol. The molecule has 2 aromatic rings. The fourth-order valence-corrected chi connectivity index (χ4v) is 3.04. The van der Waals surface area contributed by atoms with E-state index in [1.165, 1.54) is 18.2 Å². The Kier molecular flexibility index (Phi) is 5.68. The number of ether oxygens (including phenoxy) is 1. The van der Waals surface area contributed by atoms with E-state index in [9.17, 15) is 18.4 Å². The van der Waals surface area contributed by atoms with E-state index in [-0.39, 0.29) is 23.6 Å². The molecule has 0 radical (unpaired) electrons. The van der Waals surface area contributed by atoms with E-state index in [0.717, 1.165) is 5.69 Å². The maximum atomic E-state index is 12.8. The number of carboxylic acid groups (broad SMARTS) is 1. The number of carboxylic acids is 1. The molecule has 0 saturated heterocycles. The molecule has 9 heteroatoms. The van der Waals surface area contributed by atoms with Crippen LogP contribution in [-0.4, -0.2) is 44.8 Å².